The van der Waals surface area contributed by atoms with Crippen LogP contribution in [0.25, 0.3) is 0 Å². The molecule has 114 valence electrons. The van der Waals surface area contributed by atoms with Crippen LogP contribution in [0, 0.1) is 0 Å². The lowest BCUT2D eigenvalue weighted by molar-refractivity contribution is -0.123. The van der Waals surface area contributed by atoms with Crippen LogP contribution in [-0.2, 0) is 14.8 Å². The summed E-state index contributed by atoms with van der Waals surface area (Å²) in [7, 11) is -3.78. The van der Waals surface area contributed by atoms with Crippen molar-refractivity contribution in [3.63, 3.8) is 0 Å². The highest BCUT2D eigenvalue weighted by Gasteiger charge is 2.38. The summed E-state index contributed by atoms with van der Waals surface area (Å²) in [6.07, 6.45) is 0.222. The minimum Gasteiger partial charge on any atom is -0.274 e. The minimum atomic E-state index is -3.78. The van der Waals surface area contributed by atoms with Crippen molar-refractivity contribution >= 4 is 31.9 Å². The fourth-order valence-electron chi connectivity index (χ4n) is 2.59. The molecule has 4 nitrogen and oxygen atoms in total. The van der Waals surface area contributed by atoms with Crippen molar-refractivity contribution in [2.45, 2.75) is 17.2 Å². The van der Waals surface area contributed by atoms with Gasteiger partial charge in [-0.1, -0.05) is 46.3 Å². The molecule has 1 aliphatic rings. The zero-order valence-corrected chi connectivity index (χ0v) is 14.0. The Hall–Kier alpha value is -1.66. The second-order valence-electron chi connectivity index (χ2n) is 5.20. The van der Waals surface area contributed by atoms with Crippen molar-refractivity contribution in [2.24, 2.45) is 0 Å². The van der Waals surface area contributed by atoms with E-state index >= 15 is 0 Å². The quantitative estimate of drug-likeness (QED) is 0.822. The minimum absolute atomic E-state index is 0.0843. The highest BCUT2D eigenvalue weighted by atomic mass is 79.9. The number of rotatable bonds is 3. The summed E-state index contributed by atoms with van der Waals surface area (Å²) < 4.78 is 27.0. The molecule has 22 heavy (non-hydrogen) atoms. The molecule has 1 atom stereocenters. The Labute approximate surface area is 137 Å². The summed E-state index contributed by atoms with van der Waals surface area (Å²) in [5, 5.41) is 0. The van der Waals surface area contributed by atoms with E-state index in [9.17, 15) is 13.2 Å². The maximum Gasteiger partial charge on any atom is 0.266 e. The average Bonchev–Trinajstić information content (AvgIpc) is 2.91. The van der Waals surface area contributed by atoms with Crippen molar-refractivity contribution in [3.8, 4) is 0 Å². The molecule has 0 bridgehead atoms. The molecule has 0 radical (unpaired) electrons. The smallest absolute Gasteiger partial charge is 0.266 e. The second kappa shape index (κ2) is 5.85. The third kappa shape index (κ3) is 2.80. The molecular formula is C16H14BrNO3S. The van der Waals surface area contributed by atoms with Crippen molar-refractivity contribution in [1.82, 2.24) is 4.31 Å². The van der Waals surface area contributed by atoms with Crippen LogP contribution in [0.1, 0.15) is 17.9 Å². The van der Waals surface area contributed by atoms with Gasteiger partial charge < -0.3 is 0 Å². The van der Waals surface area contributed by atoms with Crippen molar-refractivity contribution in [1.29, 1.82) is 0 Å². The van der Waals surface area contributed by atoms with Gasteiger partial charge >= 0.3 is 0 Å². The van der Waals surface area contributed by atoms with Crippen LogP contribution < -0.4 is 0 Å². The Balaban J connectivity index is 1.89. The first kappa shape index (κ1) is 15.2. The highest BCUT2D eigenvalue weighted by molar-refractivity contribution is 9.10. The number of halogens is 1. The maximum absolute atomic E-state index is 12.6. The molecule has 0 aliphatic carbocycles. The van der Waals surface area contributed by atoms with Crippen molar-refractivity contribution in [3.05, 3.63) is 64.6 Å². The van der Waals surface area contributed by atoms with Crippen LogP contribution in [0.2, 0.25) is 0 Å². The number of amides is 1. The molecule has 0 unspecified atom stereocenters. The Bertz CT molecular complexity index is 788. The van der Waals surface area contributed by atoms with E-state index in [1.807, 2.05) is 30.3 Å². The molecule has 3 rings (SSSR count). The molecule has 1 amide bonds. The molecule has 2 aromatic rings. The van der Waals surface area contributed by atoms with Gasteiger partial charge in [0.1, 0.15) is 0 Å². The van der Waals surface area contributed by atoms with Crippen LogP contribution in [-0.4, -0.2) is 25.2 Å². The van der Waals surface area contributed by atoms with Gasteiger partial charge in [0.25, 0.3) is 10.0 Å². The van der Waals surface area contributed by atoms with Crippen LogP contribution >= 0.6 is 15.9 Å². The van der Waals surface area contributed by atoms with E-state index in [1.54, 1.807) is 12.1 Å². The lowest BCUT2D eigenvalue weighted by Gasteiger charge is -2.17. The van der Waals surface area contributed by atoms with E-state index < -0.39 is 10.0 Å². The summed E-state index contributed by atoms with van der Waals surface area (Å²) in [6, 6.07) is 15.9. The monoisotopic (exact) mass is 379 g/mol. The molecule has 0 spiro atoms. The Morgan fingerprint density at radius 1 is 1.00 bits per heavy atom. The number of carbonyl (C=O) groups is 1. The highest BCUT2D eigenvalue weighted by Crippen LogP contribution is 2.32. The lowest BCUT2D eigenvalue weighted by atomic mass is 9.99. The van der Waals surface area contributed by atoms with Gasteiger partial charge in [-0.3, -0.25) is 4.79 Å². The van der Waals surface area contributed by atoms with E-state index in [4.69, 9.17) is 0 Å². The number of benzene rings is 2. The molecule has 6 heteroatoms. The van der Waals surface area contributed by atoms with Crippen molar-refractivity contribution in [2.75, 3.05) is 6.54 Å². The van der Waals surface area contributed by atoms with Crippen LogP contribution in [0.15, 0.2) is 64.0 Å². The largest absolute Gasteiger partial charge is 0.274 e. The number of carbonyl (C=O) groups excluding carboxylic acids is 1. The number of hydrogen-bond donors (Lipinski definition) is 0. The normalized spacial score (nSPS) is 18.7. The number of nitrogens with zero attached hydrogens (tertiary/aromatic N) is 1. The second-order valence-corrected chi connectivity index (χ2v) is 7.97. The van der Waals surface area contributed by atoms with Gasteiger partial charge in [0, 0.05) is 23.4 Å². The SMILES string of the molecule is O=C1C[C@@H](c2ccccc2)CN1S(=O)(=O)c1ccc(Br)cc1. The van der Waals surface area contributed by atoms with Crippen molar-refractivity contribution < 1.29 is 13.2 Å². The molecule has 2 aromatic carbocycles. The lowest BCUT2D eigenvalue weighted by Crippen LogP contribution is -2.32. The summed E-state index contributed by atoms with van der Waals surface area (Å²) in [5.74, 6) is -0.435. The van der Waals surface area contributed by atoms with Gasteiger partial charge in [-0.15, -0.1) is 0 Å². The Kier molecular flexibility index (Phi) is 4.06. The predicted octanol–water partition coefficient (Wildman–Crippen LogP) is 3.15. The van der Waals surface area contributed by atoms with Gasteiger partial charge in [0.15, 0.2) is 0 Å². The average molecular weight is 380 g/mol. The Morgan fingerprint density at radius 3 is 2.27 bits per heavy atom. The molecule has 1 heterocycles. The van der Waals surface area contributed by atoms with Gasteiger partial charge in [0.2, 0.25) is 5.91 Å². The van der Waals surface area contributed by atoms with E-state index in [2.05, 4.69) is 15.9 Å². The van der Waals surface area contributed by atoms with Gasteiger partial charge in [-0.2, -0.15) is 0 Å². The molecule has 1 saturated heterocycles. The van der Waals surface area contributed by atoms with Crippen LogP contribution in [0.5, 0.6) is 0 Å². The van der Waals surface area contributed by atoms with E-state index in [1.165, 1.54) is 12.1 Å². The van der Waals surface area contributed by atoms with Gasteiger partial charge in [-0.25, -0.2) is 12.7 Å². The Morgan fingerprint density at radius 2 is 1.64 bits per heavy atom. The van der Waals surface area contributed by atoms with Crippen LogP contribution in [0.4, 0.5) is 0 Å². The summed E-state index contributed by atoms with van der Waals surface area (Å²) in [4.78, 5) is 12.3. The van der Waals surface area contributed by atoms with Gasteiger partial charge in [0.05, 0.1) is 4.90 Å². The topological polar surface area (TPSA) is 54.5 Å². The summed E-state index contributed by atoms with van der Waals surface area (Å²) in [6.45, 7) is 0.196. The molecular weight excluding hydrogens is 366 g/mol. The molecule has 0 N–H and O–H groups in total. The predicted molar refractivity (Wildman–Crippen MR) is 86.8 cm³/mol. The first-order valence-electron chi connectivity index (χ1n) is 6.84. The van der Waals surface area contributed by atoms with Crippen LogP contribution in [0.3, 0.4) is 0 Å². The molecule has 0 aromatic heterocycles. The maximum atomic E-state index is 12.6. The molecule has 1 aliphatic heterocycles. The summed E-state index contributed by atoms with van der Waals surface area (Å²) in [5.41, 5.74) is 0.990. The summed E-state index contributed by atoms with van der Waals surface area (Å²) >= 11 is 3.27. The number of sulfonamides is 1. The van der Waals surface area contributed by atoms with Gasteiger partial charge in [-0.05, 0) is 29.8 Å². The fourth-order valence-corrected chi connectivity index (χ4v) is 4.31. The third-order valence-corrected chi connectivity index (χ3v) is 6.09. The fraction of sp³-hybridized carbons (Fsp3) is 0.188. The third-order valence-electron chi connectivity index (χ3n) is 3.76. The molecule has 0 saturated carbocycles. The first-order chi connectivity index (χ1) is 10.5. The van der Waals surface area contributed by atoms with E-state index in [-0.39, 0.29) is 29.7 Å². The zero-order valence-electron chi connectivity index (χ0n) is 11.6. The number of hydrogen-bond acceptors (Lipinski definition) is 3. The van der Waals surface area contributed by atoms with E-state index in [0.717, 1.165) is 14.3 Å². The van der Waals surface area contributed by atoms with E-state index in [0.29, 0.717) is 0 Å². The standard InChI is InChI=1S/C16H14BrNO3S/c17-14-6-8-15(9-7-14)22(20,21)18-11-13(10-16(18)19)12-4-2-1-3-5-12/h1-9,13H,10-11H2/t13-/m1/s1. The first-order valence-corrected chi connectivity index (χ1v) is 9.08. The molecule has 1 fully saturated rings. The zero-order chi connectivity index (χ0) is 15.7.